The molecule has 236 valence electrons. The molecule has 50 heavy (non-hydrogen) atoms. The Kier molecular flexibility index (Phi) is 7.04. The normalized spacial score (nSPS) is 16.7. The van der Waals surface area contributed by atoms with Crippen LogP contribution in [0, 0.1) is 23.7 Å². The molecule has 0 N–H and O–H groups in total. The van der Waals surface area contributed by atoms with Gasteiger partial charge in [-0.3, -0.25) is 0 Å². The standard InChI is InChI=1S/C50H36/c1-4-5-18-38-32-48(45-25-14-15-26-49(45)50(38,2)3)37-28-35(46-30-33-16-6-8-19-39(33)41-21-10-12-23-43(41)46)27-36(29-37)47-31-34-17-7-9-20-40(34)42-22-11-13-24-44(42)47/h1,5-32,49H,2-3H3/b18-5-. The lowest BCUT2D eigenvalue weighted by atomic mass is 9.63. The minimum atomic E-state index is -0.114. The summed E-state index contributed by atoms with van der Waals surface area (Å²) >= 11 is 0. The quantitative estimate of drug-likeness (QED) is 0.133. The topological polar surface area (TPSA) is 0 Å². The van der Waals surface area contributed by atoms with Crippen molar-refractivity contribution >= 4 is 48.7 Å². The first-order valence-corrected chi connectivity index (χ1v) is 17.4. The smallest absolute Gasteiger partial charge is 0.0119 e. The zero-order valence-electron chi connectivity index (χ0n) is 28.3. The monoisotopic (exact) mass is 636 g/mol. The minimum absolute atomic E-state index is 0.114. The molecule has 0 aliphatic heterocycles. The fourth-order valence-corrected chi connectivity index (χ4v) is 8.36. The van der Waals surface area contributed by atoms with Crippen LogP contribution in [0.15, 0.2) is 181 Å². The van der Waals surface area contributed by atoms with Crippen molar-refractivity contribution in [1.82, 2.24) is 0 Å². The molecule has 0 radical (unpaired) electrons. The van der Waals surface area contributed by atoms with Crippen LogP contribution in [0.3, 0.4) is 0 Å². The van der Waals surface area contributed by atoms with Gasteiger partial charge in [0.15, 0.2) is 0 Å². The third-order valence-corrected chi connectivity index (χ3v) is 10.9. The van der Waals surface area contributed by atoms with E-state index in [0.29, 0.717) is 0 Å². The lowest BCUT2D eigenvalue weighted by molar-refractivity contribution is 0.367. The zero-order valence-corrected chi connectivity index (χ0v) is 28.3. The second-order valence-electron chi connectivity index (χ2n) is 14.1. The lowest BCUT2D eigenvalue weighted by Crippen LogP contribution is -2.29. The number of hydrogen-bond acceptors (Lipinski definition) is 0. The lowest BCUT2D eigenvalue weighted by Gasteiger charge is -2.40. The zero-order chi connectivity index (χ0) is 33.8. The largest absolute Gasteiger partial charge is 0.115 e. The molecule has 0 saturated carbocycles. The predicted octanol–water partition coefficient (Wildman–Crippen LogP) is 13.3. The fraction of sp³-hybridized carbons (Fsp3) is 0.0800. The van der Waals surface area contributed by atoms with Gasteiger partial charge in [0.1, 0.15) is 0 Å². The number of allylic oxidation sites excluding steroid dienone is 10. The number of rotatable bonds is 4. The van der Waals surface area contributed by atoms with Gasteiger partial charge in [0.25, 0.3) is 0 Å². The van der Waals surface area contributed by atoms with Crippen molar-refractivity contribution < 1.29 is 0 Å². The van der Waals surface area contributed by atoms with Gasteiger partial charge in [-0.25, -0.2) is 0 Å². The van der Waals surface area contributed by atoms with E-state index < -0.39 is 0 Å². The van der Waals surface area contributed by atoms with Gasteiger partial charge in [0.05, 0.1) is 0 Å². The summed E-state index contributed by atoms with van der Waals surface area (Å²) in [6.45, 7) is 4.66. The van der Waals surface area contributed by atoms with Gasteiger partial charge in [-0.1, -0.05) is 153 Å². The van der Waals surface area contributed by atoms with Crippen LogP contribution >= 0.6 is 0 Å². The van der Waals surface area contributed by atoms with E-state index in [1.807, 2.05) is 6.08 Å². The van der Waals surface area contributed by atoms with Crippen LogP contribution in [0.5, 0.6) is 0 Å². The number of fused-ring (bicyclic) bond motifs is 7. The summed E-state index contributed by atoms with van der Waals surface area (Å²) in [4.78, 5) is 0. The first-order valence-electron chi connectivity index (χ1n) is 17.4. The molecule has 1 atom stereocenters. The maximum Gasteiger partial charge on any atom is 0.0119 e. The second kappa shape index (κ2) is 11.8. The predicted molar refractivity (Wildman–Crippen MR) is 216 cm³/mol. The van der Waals surface area contributed by atoms with E-state index in [-0.39, 0.29) is 11.3 Å². The van der Waals surface area contributed by atoms with Crippen LogP contribution in [-0.4, -0.2) is 0 Å². The molecular weight excluding hydrogens is 601 g/mol. The van der Waals surface area contributed by atoms with Crippen LogP contribution in [0.25, 0.3) is 70.9 Å². The van der Waals surface area contributed by atoms with Gasteiger partial charge < -0.3 is 0 Å². The summed E-state index contributed by atoms with van der Waals surface area (Å²) in [6, 6.07) is 47.1. The van der Waals surface area contributed by atoms with Crippen molar-refractivity contribution in [2.75, 3.05) is 0 Å². The van der Waals surface area contributed by atoms with Crippen LogP contribution in [0.4, 0.5) is 0 Å². The van der Waals surface area contributed by atoms with E-state index in [2.05, 4.69) is 184 Å². The van der Waals surface area contributed by atoms with Crippen molar-refractivity contribution in [3.8, 4) is 34.6 Å². The van der Waals surface area contributed by atoms with Crippen molar-refractivity contribution in [3.05, 3.63) is 187 Å². The van der Waals surface area contributed by atoms with Gasteiger partial charge in [-0.05, 0) is 124 Å². The Balaban J connectivity index is 1.39. The van der Waals surface area contributed by atoms with E-state index in [0.717, 1.165) is 0 Å². The summed E-state index contributed by atoms with van der Waals surface area (Å²) in [5, 5.41) is 10.1. The molecule has 0 saturated heterocycles. The van der Waals surface area contributed by atoms with E-state index in [1.165, 1.54) is 87.6 Å². The first-order chi connectivity index (χ1) is 24.5. The number of benzene rings is 7. The second-order valence-corrected chi connectivity index (χ2v) is 14.1. The molecule has 0 heteroatoms. The van der Waals surface area contributed by atoms with E-state index in [4.69, 9.17) is 6.42 Å². The highest BCUT2D eigenvalue weighted by Crippen LogP contribution is 2.50. The van der Waals surface area contributed by atoms with E-state index in [1.54, 1.807) is 0 Å². The Morgan fingerprint density at radius 2 is 1.08 bits per heavy atom. The third kappa shape index (κ3) is 4.78. The summed E-state index contributed by atoms with van der Waals surface area (Å²) in [6.07, 6.45) is 21.1. The molecule has 9 rings (SSSR count). The Bertz CT molecular complexity index is 2590. The van der Waals surface area contributed by atoms with Crippen LogP contribution in [-0.2, 0) is 0 Å². The Labute approximate surface area is 294 Å². The first kappa shape index (κ1) is 29.9. The molecule has 7 aromatic carbocycles. The van der Waals surface area contributed by atoms with Gasteiger partial charge in [-0.15, -0.1) is 6.42 Å². The van der Waals surface area contributed by atoms with Crippen LogP contribution < -0.4 is 0 Å². The Morgan fingerprint density at radius 3 is 1.64 bits per heavy atom. The van der Waals surface area contributed by atoms with Crippen LogP contribution in [0.1, 0.15) is 19.4 Å². The van der Waals surface area contributed by atoms with Gasteiger partial charge >= 0.3 is 0 Å². The Hall–Kier alpha value is -6.16. The number of terminal acetylenes is 1. The molecule has 7 aromatic rings. The van der Waals surface area contributed by atoms with Crippen molar-refractivity contribution in [2.24, 2.45) is 11.3 Å². The summed E-state index contributed by atoms with van der Waals surface area (Å²) in [5.74, 6) is 2.96. The maximum absolute atomic E-state index is 5.75. The third-order valence-electron chi connectivity index (χ3n) is 10.9. The average Bonchev–Trinajstić information content (AvgIpc) is 3.17. The highest BCUT2D eigenvalue weighted by atomic mass is 14.4. The maximum atomic E-state index is 5.75. The highest BCUT2D eigenvalue weighted by Gasteiger charge is 2.37. The Morgan fingerprint density at radius 1 is 0.580 bits per heavy atom. The average molecular weight is 637 g/mol. The minimum Gasteiger partial charge on any atom is -0.115 e. The van der Waals surface area contributed by atoms with Crippen molar-refractivity contribution in [2.45, 2.75) is 13.8 Å². The number of hydrogen-bond donors (Lipinski definition) is 0. The SMILES string of the molecule is C#C/C=C\C1=CC(c2cc(-c3cc4ccccc4c4ccccc34)cc(-c3cc4ccccc4c4ccccc34)c2)=C2C=CC=CC2C1(C)C. The molecule has 2 aliphatic rings. The van der Waals surface area contributed by atoms with Gasteiger partial charge in [0.2, 0.25) is 0 Å². The molecule has 1 unspecified atom stereocenters. The molecule has 0 spiro atoms. The van der Waals surface area contributed by atoms with Crippen LogP contribution in [0.2, 0.25) is 0 Å². The van der Waals surface area contributed by atoms with E-state index >= 15 is 0 Å². The molecule has 0 nitrogen and oxygen atoms in total. The molecule has 0 bridgehead atoms. The van der Waals surface area contributed by atoms with Gasteiger partial charge in [-0.2, -0.15) is 0 Å². The fourth-order valence-electron chi connectivity index (χ4n) is 8.36. The summed E-state index contributed by atoms with van der Waals surface area (Å²) in [7, 11) is 0. The van der Waals surface area contributed by atoms with Gasteiger partial charge in [0, 0.05) is 11.3 Å². The van der Waals surface area contributed by atoms with Crippen molar-refractivity contribution in [3.63, 3.8) is 0 Å². The molecular formula is C50H36. The molecule has 0 fully saturated rings. The van der Waals surface area contributed by atoms with E-state index in [9.17, 15) is 0 Å². The highest BCUT2D eigenvalue weighted by molar-refractivity contribution is 6.16. The molecule has 0 heterocycles. The summed E-state index contributed by atoms with van der Waals surface area (Å²) < 4.78 is 0. The van der Waals surface area contributed by atoms with Crippen molar-refractivity contribution in [1.29, 1.82) is 0 Å². The molecule has 0 aromatic heterocycles. The molecule has 2 aliphatic carbocycles. The molecule has 0 amide bonds. The summed E-state index contributed by atoms with van der Waals surface area (Å²) in [5.41, 5.74) is 9.79.